The van der Waals surface area contributed by atoms with Gasteiger partial charge in [0.05, 0.1) is 15.4 Å². The molecule has 3 aliphatic rings. The standard InChI is InChI=1S/C23H27N5OS2/c1-12-25-23-21(30-12)19(24)20(31-23)22(29)27-15-4-2-14-9-18(7-3-13(14)8-15)28-10-16-5-6-17(11-28)26-16/h3,7,9,15-17,26H,2,4-6,8,10-11,24H2,1H3,(H,27,29)/t15-,16?,17?/m1/s1. The number of hydrogen-bond acceptors (Lipinski definition) is 7. The third-order valence-corrected chi connectivity index (χ3v) is 9.16. The van der Waals surface area contributed by atoms with E-state index in [1.165, 1.54) is 41.0 Å². The van der Waals surface area contributed by atoms with Crippen LogP contribution in [-0.2, 0) is 12.8 Å². The summed E-state index contributed by atoms with van der Waals surface area (Å²) in [5.41, 5.74) is 11.0. The van der Waals surface area contributed by atoms with E-state index in [-0.39, 0.29) is 11.9 Å². The number of rotatable bonds is 3. The summed E-state index contributed by atoms with van der Waals surface area (Å²) in [6.07, 6.45) is 5.45. The van der Waals surface area contributed by atoms with Crippen molar-refractivity contribution in [2.45, 2.75) is 57.2 Å². The zero-order chi connectivity index (χ0) is 21.1. The molecule has 2 bridgehead atoms. The summed E-state index contributed by atoms with van der Waals surface area (Å²) in [6, 6.07) is 8.37. The molecule has 3 aromatic rings. The Hall–Kier alpha value is -2.16. The molecular formula is C23H27N5OS2. The van der Waals surface area contributed by atoms with Gasteiger partial charge in [0.1, 0.15) is 9.71 Å². The van der Waals surface area contributed by atoms with Crippen molar-refractivity contribution in [3.63, 3.8) is 0 Å². The predicted molar refractivity (Wildman–Crippen MR) is 129 cm³/mol. The zero-order valence-electron chi connectivity index (χ0n) is 17.6. The molecule has 162 valence electrons. The number of thiazole rings is 1. The van der Waals surface area contributed by atoms with Gasteiger partial charge in [-0.25, -0.2) is 4.98 Å². The van der Waals surface area contributed by atoms with Crippen molar-refractivity contribution in [3.8, 4) is 0 Å². The fraction of sp³-hybridized carbons (Fsp3) is 0.478. The number of benzene rings is 1. The Balaban J connectivity index is 1.15. The van der Waals surface area contributed by atoms with Gasteiger partial charge < -0.3 is 21.3 Å². The summed E-state index contributed by atoms with van der Waals surface area (Å²) in [5, 5.41) is 7.92. The lowest BCUT2D eigenvalue weighted by Crippen LogP contribution is -2.51. The molecule has 2 saturated heterocycles. The number of carbonyl (C=O) groups is 1. The van der Waals surface area contributed by atoms with Crippen LogP contribution in [0.3, 0.4) is 0 Å². The van der Waals surface area contributed by atoms with E-state index in [4.69, 9.17) is 5.73 Å². The highest BCUT2D eigenvalue weighted by Crippen LogP contribution is 2.37. The lowest BCUT2D eigenvalue weighted by atomic mass is 9.87. The number of fused-ring (bicyclic) bond motifs is 4. The molecule has 2 unspecified atom stereocenters. The Labute approximate surface area is 189 Å². The van der Waals surface area contributed by atoms with Crippen molar-refractivity contribution in [3.05, 3.63) is 39.2 Å². The van der Waals surface area contributed by atoms with Gasteiger partial charge in [-0.1, -0.05) is 6.07 Å². The van der Waals surface area contributed by atoms with Gasteiger partial charge in [0.2, 0.25) is 0 Å². The van der Waals surface area contributed by atoms with Crippen molar-refractivity contribution >= 4 is 49.5 Å². The lowest BCUT2D eigenvalue weighted by Gasteiger charge is -2.35. The van der Waals surface area contributed by atoms with Gasteiger partial charge in [0, 0.05) is 36.9 Å². The molecule has 4 heterocycles. The molecule has 0 radical (unpaired) electrons. The molecule has 0 saturated carbocycles. The number of aryl methyl sites for hydroxylation is 2. The molecule has 0 spiro atoms. The van der Waals surface area contributed by atoms with Gasteiger partial charge in [-0.3, -0.25) is 4.79 Å². The fourth-order valence-electron chi connectivity index (χ4n) is 5.39. The second kappa shape index (κ2) is 7.46. The number of piperazine rings is 1. The normalized spacial score (nSPS) is 25.1. The van der Waals surface area contributed by atoms with Crippen molar-refractivity contribution in [1.29, 1.82) is 0 Å². The number of amides is 1. The summed E-state index contributed by atoms with van der Waals surface area (Å²) in [4.78, 5) is 21.4. The number of nitrogens with two attached hydrogens (primary N) is 1. The van der Waals surface area contributed by atoms with Gasteiger partial charge >= 0.3 is 0 Å². The summed E-state index contributed by atoms with van der Waals surface area (Å²) >= 11 is 2.96. The fourth-order valence-corrected chi connectivity index (χ4v) is 7.48. The van der Waals surface area contributed by atoms with E-state index in [0.717, 1.165) is 46.9 Å². The summed E-state index contributed by atoms with van der Waals surface area (Å²) in [7, 11) is 0. The van der Waals surface area contributed by atoms with Crippen molar-refractivity contribution in [2.75, 3.05) is 23.7 Å². The number of thiophene rings is 1. The van der Waals surface area contributed by atoms with Crippen LogP contribution in [0, 0.1) is 6.92 Å². The maximum absolute atomic E-state index is 12.9. The van der Waals surface area contributed by atoms with Gasteiger partial charge in [0.25, 0.3) is 5.91 Å². The number of carbonyl (C=O) groups excluding carboxylic acids is 1. The van der Waals surface area contributed by atoms with Crippen molar-refractivity contribution < 1.29 is 4.79 Å². The Morgan fingerprint density at radius 2 is 2.00 bits per heavy atom. The van der Waals surface area contributed by atoms with E-state index in [0.29, 0.717) is 22.6 Å². The predicted octanol–water partition coefficient (Wildman–Crippen LogP) is 3.48. The number of nitrogen functional groups attached to an aromatic ring is 1. The molecule has 2 fully saturated rings. The van der Waals surface area contributed by atoms with Crippen LogP contribution in [0.4, 0.5) is 11.4 Å². The quantitative estimate of drug-likeness (QED) is 0.566. The van der Waals surface area contributed by atoms with E-state index >= 15 is 0 Å². The first kappa shape index (κ1) is 19.5. The molecule has 4 N–H and O–H groups in total. The maximum Gasteiger partial charge on any atom is 0.263 e. The SMILES string of the molecule is Cc1nc2sc(C(=O)N[C@@H]3CCc4cc(N5CC6CCC(C5)N6)ccc4C3)c(N)c2s1. The Morgan fingerprint density at radius 3 is 2.77 bits per heavy atom. The molecule has 1 aromatic carbocycles. The van der Waals surface area contributed by atoms with Crippen LogP contribution in [0.15, 0.2) is 18.2 Å². The average Bonchev–Trinajstić information content (AvgIpc) is 3.40. The first-order valence-corrected chi connectivity index (χ1v) is 12.8. The second-order valence-corrected chi connectivity index (χ2v) is 11.3. The largest absolute Gasteiger partial charge is 0.396 e. The smallest absolute Gasteiger partial charge is 0.263 e. The average molecular weight is 454 g/mol. The molecule has 6 rings (SSSR count). The minimum atomic E-state index is -0.0632. The molecule has 2 aliphatic heterocycles. The van der Waals surface area contributed by atoms with E-state index in [2.05, 4.69) is 38.7 Å². The number of aromatic nitrogens is 1. The third kappa shape index (κ3) is 3.50. The van der Waals surface area contributed by atoms with Gasteiger partial charge in [-0.2, -0.15) is 0 Å². The van der Waals surface area contributed by atoms with Crippen LogP contribution in [0.5, 0.6) is 0 Å². The van der Waals surface area contributed by atoms with E-state index in [1.807, 2.05) is 6.92 Å². The van der Waals surface area contributed by atoms with Gasteiger partial charge in [-0.05, 0) is 62.3 Å². The minimum absolute atomic E-state index is 0.0632. The highest BCUT2D eigenvalue weighted by molar-refractivity contribution is 7.29. The zero-order valence-corrected chi connectivity index (χ0v) is 19.2. The third-order valence-electron chi connectivity index (χ3n) is 6.93. The minimum Gasteiger partial charge on any atom is -0.396 e. The summed E-state index contributed by atoms with van der Waals surface area (Å²) < 4.78 is 0.940. The second-order valence-electron chi connectivity index (χ2n) is 9.12. The number of anilines is 2. The van der Waals surface area contributed by atoms with Crippen LogP contribution >= 0.6 is 22.7 Å². The molecule has 3 atom stereocenters. The van der Waals surface area contributed by atoms with Crippen LogP contribution < -0.4 is 21.3 Å². The van der Waals surface area contributed by atoms with E-state index in [1.54, 1.807) is 11.3 Å². The Bertz CT molecular complexity index is 1160. The molecule has 1 aliphatic carbocycles. The van der Waals surface area contributed by atoms with Crippen LogP contribution in [-0.4, -0.2) is 42.1 Å². The molecular weight excluding hydrogens is 426 g/mol. The lowest BCUT2D eigenvalue weighted by molar-refractivity contribution is 0.0938. The van der Waals surface area contributed by atoms with Crippen LogP contribution in [0.25, 0.3) is 9.53 Å². The van der Waals surface area contributed by atoms with Crippen molar-refractivity contribution in [1.82, 2.24) is 15.6 Å². The number of nitrogens with zero attached hydrogens (tertiary/aromatic N) is 2. The van der Waals surface area contributed by atoms with E-state index in [9.17, 15) is 4.79 Å². The first-order chi connectivity index (χ1) is 15.0. The molecule has 31 heavy (non-hydrogen) atoms. The highest BCUT2D eigenvalue weighted by Gasteiger charge is 2.32. The van der Waals surface area contributed by atoms with Gasteiger partial charge in [0.15, 0.2) is 0 Å². The molecule has 8 heteroatoms. The maximum atomic E-state index is 12.9. The molecule has 2 aromatic heterocycles. The number of nitrogens with one attached hydrogen (secondary N) is 2. The Morgan fingerprint density at radius 1 is 1.19 bits per heavy atom. The number of hydrogen-bond donors (Lipinski definition) is 3. The highest BCUT2D eigenvalue weighted by atomic mass is 32.1. The van der Waals surface area contributed by atoms with Crippen LogP contribution in [0.2, 0.25) is 0 Å². The molecule has 6 nitrogen and oxygen atoms in total. The molecule has 1 amide bonds. The topological polar surface area (TPSA) is 83.3 Å². The Kier molecular flexibility index (Phi) is 4.70. The van der Waals surface area contributed by atoms with Gasteiger partial charge in [-0.15, -0.1) is 22.7 Å². The summed E-state index contributed by atoms with van der Waals surface area (Å²) in [6.45, 7) is 4.19. The first-order valence-electron chi connectivity index (χ1n) is 11.1. The van der Waals surface area contributed by atoms with E-state index < -0.39 is 0 Å². The summed E-state index contributed by atoms with van der Waals surface area (Å²) in [5.74, 6) is -0.0632. The van der Waals surface area contributed by atoms with Crippen LogP contribution in [0.1, 0.15) is 45.1 Å². The monoisotopic (exact) mass is 453 g/mol. The van der Waals surface area contributed by atoms with Crippen molar-refractivity contribution in [2.24, 2.45) is 0 Å².